The van der Waals surface area contributed by atoms with E-state index in [0.717, 1.165) is 37.5 Å². The minimum absolute atomic E-state index is 0.00748. The van der Waals surface area contributed by atoms with Gasteiger partial charge in [0.25, 0.3) is 0 Å². The molecule has 1 N–H and O–H groups in total. The van der Waals surface area contributed by atoms with Gasteiger partial charge in [0.1, 0.15) is 5.75 Å². The number of carbonyl (C=O) groups is 1. The number of likely N-dealkylation sites (N-methyl/N-ethyl adjacent to an activating group) is 1. The molecule has 2 aromatic carbocycles. The number of nitrogens with one attached hydrogen (secondary N) is 1. The third-order valence-corrected chi connectivity index (χ3v) is 5.26. The highest BCUT2D eigenvalue weighted by Crippen LogP contribution is 2.21. The zero-order valence-corrected chi connectivity index (χ0v) is 17.0. The number of para-hydroxylation sites is 1. The Morgan fingerprint density at radius 2 is 1.68 bits per heavy atom. The molecule has 1 fully saturated rings. The highest BCUT2D eigenvalue weighted by Gasteiger charge is 2.22. The molecule has 0 bridgehead atoms. The van der Waals surface area contributed by atoms with Crippen molar-refractivity contribution in [1.82, 2.24) is 15.1 Å². The molecule has 28 heavy (non-hydrogen) atoms. The van der Waals surface area contributed by atoms with Gasteiger partial charge in [-0.3, -0.25) is 0 Å². The fourth-order valence-corrected chi connectivity index (χ4v) is 3.53. The largest absolute Gasteiger partial charge is 0.497 e. The fraction of sp³-hybridized carbons (Fsp3) is 0.409. The van der Waals surface area contributed by atoms with Gasteiger partial charge < -0.3 is 24.8 Å². The predicted octanol–water partition coefficient (Wildman–Crippen LogP) is 2.83. The minimum atomic E-state index is 0.00748. The molecular formula is C22H30N4O2. The van der Waals surface area contributed by atoms with Crippen molar-refractivity contribution in [3.8, 4) is 5.75 Å². The molecule has 1 heterocycles. The average molecular weight is 383 g/mol. The van der Waals surface area contributed by atoms with Crippen LogP contribution in [0.25, 0.3) is 0 Å². The fourth-order valence-electron chi connectivity index (χ4n) is 3.53. The number of carbonyl (C=O) groups excluding carboxylic acids is 1. The number of benzene rings is 2. The van der Waals surface area contributed by atoms with E-state index in [1.54, 1.807) is 7.11 Å². The van der Waals surface area contributed by atoms with Crippen LogP contribution in [-0.2, 0) is 0 Å². The number of amides is 2. The van der Waals surface area contributed by atoms with Crippen molar-refractivity contribution in [1.29, 1.82) is 0 Å². The van der Waals surface area contributed by atoms with E-state index in [-0.39, 0.29) is 12.1 Å². The summed E-state index contributed by atoms with van der Waals surface area (Å²) in [5.74, 6) is 0.835. The third-order valence-electron chi connectivity index (χ3n) is 5.26. The molecule has 3 rings (SSSR count). The van der Waals surface area contributed by atoms with Gasteiger partial charge in [-0.15, -0.1) is 0 Å². The van der Waals surface area contributed by atoms with Gasteiger partial charge in [-0.05, 0) is 43.9 Å². The molecule has 0 aromatic heterocycles. The van der Waals surface area contributed by atoms with Crippen LogP contribution in [0.2, 0.25) is 0 Å². The van der Waals surface area contributed by atoms with E-state index in [1.807, 2.05) is 49.3 Å². The number of rotatable bonds is 6. The van der Waals surface area contributed by atoms with Gasteiger partial charge in [-0.1, -0.05) is 30.3 Å². The smallest absolute Gasteiger partial charge is 0.317 e. The minimum Gasteiger partial charge on any atom is -0.497 e. The van der Waals surface area contributed by atoms with Crippen LogP contribution in [0.1, 0.15) is 11.6 Å². The zero-order valence-electron chi connectivity index (χ0n) is 17.0. The van der Waals surface area contributed by atoms with Crippen LogP contribution in [0, 0.1) is 0 Å². The molecule has 1 aliphatic rings. The first-order chi connectivity index (χ1) is 13.6. The Bertz CT molecular complexity index is 741. The summed E-state index contributed by atoms with van der Waals surface area (Å²) in [6.07, 6.45) is 0. The molecule has 0 radical (unpaired) electrons. The second kappa shape index (κ2) is 9.46. The Balaban J connectivity index is 1.52. The number of anilines is 1. The maximum atomic E-state index is 12.7. The van der Waals surface area contributed by atoms with Gasteiger partial charge in [0.2, 0.25) is 0 Å². The molecule has 6 nitrogen and oxygen atoms in total. The van der Waals surface area contributed by atoms with Crippen molar-refractivity contribution in [2.75, 3.05) is 58.8 Å². The van der Waals surface area contributed by atoms with Crippen LogP contribution >= 0.6 is 0 Å². The Morgan fingerprint density at radius 3 is 2.25 bits per heavy atom. The second-order valence-electron chi connectivity index (χ2n) is 7.25. The van der Waals surface area contributed by atoms with Gasteiger partial charge in [-0.2, -0.15) is 0 Å². The lowest BCUT2D eigenvalue weighted by atomic mass is 10.1. The third kappa shape index (κ3) is 4.95. The molecule has 150 valence electrons. The summed E-state index contributed by atoms with van der Waals surface area (Å²) in [7, 11) is 5.72. The SMILES string of the molecule is COc1ccc(C(CNC(=O)N2CCN(c3ccccc3)CC2)N(C)C)cc1. The summed E-state index contributed by atoms with van der Waals surface area (Å²) in [5.41, 5.74) is 2.37. The van der Waals surface area contributed by atoms with Gasteiger partial charge in [-0.25, -0.2) is 4.79 Å². The molecule has 2 amide bonds. The van der Waals surface area contributed by atoms with Crippen molar-refractivity contribution in [2.24, 2.45) is 0 Å². The van der Waals surface area contributed by atoms with E-state index < -0.39 is 0 Å². The first-order valence-corrected chi connectivity index (χ1v) is 9.71. The lowest BCUT2D eigenvalue weighted by molar-refractivity contribution is 0.189. The number of nitrogens with zero attached hydrogens (tertiary/aromatic N) is 3. The van der Waals surface area contributed by atoms with Crippen LogP contribution in [-0.4, -0.2) is 69.8 Å². The van der Waals surface area contributed by atoms with Crippen molar-refractivity contribution < 1.29 is 9.53 Å². The van der Waals surface area contributed by atoms with Gasteiger partial charge in [0, 0.05) is 38.4 Å². The van der Waals surface area contributed by atoms with Crippen LogP contribution in [0.15, 0.2) is 54.6 Å². The molecule has 0 aliphatic carbocycles. The molecule has 2 aromatic rings. The van der Waals surface area contributed by atoms with E-state index in [9.17, 15) is 4.79 Å². The molecule has 1 atom stereocenters. The summed E-state index contributed by atoms with van der Waals surface area (Å²) < 4.78 is 5.23. The number of urea groups is 1. The van der Waals surface area contributed by atoms with Gasteiger partial charge >= 0.3 is 6.03 Å². The summed E-state index contributed by atoms with van der Waals surface area (Å²) in [6, 6.07) is 18.5. The van der Waals surface area contributed by atoms with E-state index in [2.05, 4.69) is 39.4 Å². The molecule has 1 saturated heterocycles. The first-order valence-electron chi connectivity index (χ1n) is 9.71. The Hall–Kier alpha value is -2.73. The normalized spacial score (nSPS) is 15.4. The van der Waals surface area contributed by atoms with Gasteiger partial charge in [0.05, 0.1) is 13.2 Å². The predicted molar refractivity (Wildman–Crippen MR) is 113 cm³/mol. The van der Waals surface area contributed by atoms with Crippen molar-refractivity contribution in [2.45, 2.75) is 6.04 Å². The molecule has 0 saturated carbocycles. The summed E-state index contributed by atoms with van der Waals surface area (Å²) in [6.45, 7) is 3.74. The Kier molecular flexibility index (Phi) is 6.76. The Labute approximate surface area is 167 Å². The van der Waals surface area contributed by atoms with E-state index >= 15 is 0 Å². The highest BCUT2D eigenvalue weighted by molar-refractivity contribution is 5.74. The Morgan fingerprint density at radius 1 is 1.04 bits per heavy atom. The van der Waals surface area contributed by atoms with Crippen LogP contribution in [0.3, 0.4) is 0 Å². The standard InChI is InChI=1S/C22H30N4O2/c1-24(2)21(18-9-11-20(28-3)12-10-18)17-23-22(27)26-15-13-25(14-16-26)19-7-5-4-6-8-19/h4-12,21H,13-17H2,1-3H3,(H,23,27). The van der Waals surface area contributed by atoms with Crippen LogP contribution in [0.5, 0.6) is 5.75 Å². The highest BCUT2D eigenvalue weighted by atomic mass is 16.5. The lowest BCUT2D eigenvalue weighted by Gasteiger charge is -2.36. The van der Waals surface area contributed by atoms with Crippen LogP contribution < -0.4 is 15.0 Å². The van der Waals surface area contributed by atoms with Crippen molar-refractivity contribution in [3.05, 3.63) is 60.2 Å². The first kappa shape index (κ1) is 20.0. The van der Waals surface area contributed by atoms with Gasteiger partial charge in [0.15, 0.2) is 0 Å². The van der Waals surface area contributed by atoms with E-state index in [4.69, 9.17) is 4.74 Å². The monoisotopic (exact) mass is 382 g/mol. The second-order valence-corrected chi connectivity index (χ2v) is 7.25. The molecule has 0 spiro atoms. The molecular weight excluding hydrogens is 352 g/mol. The van der Waals surface area contributed by atoms with Crippen molar-refractivity contribution >= 4 is 11.7 Å². The van der Waals surface area contributed by atoms with Crippen molar-refractivity contribution in [3.63, 3.8) is 0 Å². The average Bonchev–Trinajstić information content (AvgIpc) is 2.74. The number of methoxy groups -OCH3 is 1. The molecule has 1 unspecified atom stereocenters. The van der Waals surface area contributed by atoms with Crippen LogP contribution in [0.4, 0.5) is 10.5 Å². The topological polar surface area (TPSA) is 48.1 Å². The maximum absolute atomic E-state index is 12.7. The van der Waals surface area contributed by atoms with E-state index in [1.165, 1.54) is 5.69 Å². The maximum Gasteiger partial charge on any atom is 0.317 e. The zero-order chi connectivity index (χ0) is 19.9. The number of ether oxygens (including phenoxy) is 1. The summed E-state index contributed by atoms with van der Waals surface area (Å²) >= 11 is 0. The van der Waals surface area contributed by atoms with E-state index in [0.29, 0.717) is 6.54 Å². The summed E-state index contributed by atoms with van der Waals surface area (Å²) in [4.78, 5) is 19.0. The number of hydrogen-bond donors (Lipinski definition) is 1. The molecule has 1 aliphatic heterocycles. The summed E-state index contributed by atoms with van der Waals surface area (Å²) in [5, 5.41) is 3.11. The number of hydrogen-bond acceptors (Lipinski definition) is 4. The lowest BCUT2D eigenvalue weighted by Crippen LogP contribution is -2.52. The number of piperazine rings is 1. The molecule has 6 heteroatoms. The quantitative estimate of drug-likeness (QED) is 0.835.